The Hall–Kier alpha value is -0.436. The van der Waals surface area contributed by atoms with Crippen LogP contribution in [-0.2, 0) is 18.1 Å². The number of rotatable bonds is 9. The molecule has 0 atom stereocenters. The second kappa shape index (κ2) is 10.4. The molecule has 0 heterocycles. The molecule has 4 nitrogen and oxygen atoms in total. The molecule has 0 unspecified atom stereocenters. The monoisotopic (exact) mass is 304 g/mol. The van der Waals surface area contributed by atoms with E-state index in [2.05, 4.69) is 6.92 Å². The molecule has 0 bridgehead atoms. The summed E-state index contributed by atoms with van der Waals surface area (Å²) >= 11 is 0. The first-order valence-corrected chi connectivity index (χ1v) is 11.8. The minimum absolute atomic E-state index is 0.123. The number of carbonyl (C=O) groups is 1. The number of hydrogen-bond donors (Lipinski definition) is 0. The average molecular weight is 305 g/mol. The normalized spacial score (nSPS) is 13.2. The summed E-state index contributed by atoms with van der Waals surface area (Å²) in [4.78, 5) is 11.8. The first-order chi connectivity index (χ1) is 8.86. The standard InChI is InChI=1S/C13H28O4Si2/c1-7-8-9-12(6)13(14)15-18-19(16-10(2)3)17-11(4)5/h9-11,19H,7-8,18H2,1-6H3. The Morgan fingerprint density at radius 1 is 1.21 bits per heavy atom. The Morgan fingerprint density at radius 2 is 1.74 bits per heavy atom. The highest BCUT2D eigenvalue weighted by Crippen LogP contribution is 2.03. The third-order valence-corrected chi connectivity index (χ3v) is 7.13. The van der Waals surface area contributed by atoms with E-state index < -0.39 is 18.1 Å². The number of allylic oxidation sites excluding steroid dienone is 1. The molecule has 0 aromatic heterocycles. The molecular weight excluding hydrogens is 276 g/mol. The van der Waals surface area contributed by atoms with Crippen molar-refractivity contribution in [1.29, 1.82) is 0 Å². The third kappa shape index (κ3) is 10.1. The van der Waals surface area contributed by atoms with Crippen LogP contribution in [0.3, 0.4) is 0 Å². The van der Waals surface area contributed by atoms with E-state index in [1.54, 1.807) is 6.92 Å². The average Bonchev–Trinajstić information content (AvgIpc) is 2.31. The fraction of sp³-hybridized carbons (Fsp3) is 0.769. The summed E-state index contributed by atoms with van der Waals surface area (Å²) < 4.78 is 16.9. The second-order valence-corrected chi connectivity index (χ2v) is 10.1. The molecule has 0 N–H and O–H groups in total. The highest BCUT2D eigenvalue weighted by Gasteiger charge is 2.21. The summed E-state index contributed by atoms with van der Waals surface area (Å²) in [5.41, 5.74) is 0.691. The van der Waals surface area contributed by atoms with Gasteiger partial charge in [-0.3, -0.25) is 0 Å². The van der Waals surface area contributed by atoms with E-state index in [1.165, 1.54) is 0 Å². The maximum Gasteiger partial charge on any atom is 0.341 e. The highest BCUT2D eigenvalue weighted by molar-refractivity contribution is 7.03. The van der Waals surface area contributed by atoms with Crippen LogP contribution >= 0.6 is 0 Å². The van der Waals surface area contributed by atoms with Crippen molar-refractivity contribution in [2.45, 2.75) is 66.6 Å². The van der Waals surface area contributed by atoms with E-state index >= 15 is 0 Å². The molecule has 0 aliphatic carbocycles. The first-order valence-electron chi connectivity index (χ1n) is 7.01. The zero-order valence-corrected chi connectivity index (χ0v) is 15.6. The van der Waals surface area contributed by atoms with Crippen molar-refractivity contribution in [3.63, 3.8) is 0 Å². The largest absolute Gasteiger partial charge is 0.520 e. The van der Waals surface area contributed by atoms with Gasteiger partial charge < -0.3 is 13.3 Å². The molecule has 6 heteroatoms. The second-order valence-electron chi connectivity index (χ2n) is 5.07. The molecule has 0 aromatic carbocycles. The molecule has 0 aliphatic heterocycles. The molecular formula is C13H28O4Si2. The minimum Gasteiger partial charge on any atom is -0.520 e. The van der Waals surface area contributed by atoms with Crippen molar-refractivity contribution in [2.75, 3.05) is 0 Å². The molecule has 19 heavy (non-hydrogen) atoms. The van der Waals surface area contributed by atoms with E-state index in [0.717, 1.165) is 12.8 Å². The van der Waals surface area contributed by atoms with Crippen molar-refractivity contribution in [2.24, 2.45) is 0 Å². The van der Waals surface area contributed by atoms with Crippen molar-refractivity contribution in [3.05, 3.63) is 11.6 Å². The lowest BCUT2D eigenvalue weighted by Crippen LogP contribution is -2.38. The van der Waals surface area contributed by atoms with Gasteiger partial charge >= 0.3 is 14.8 Å². The van der Waals surface area contributed by atoms with Gasteiger partial charge in [-0.2, -0.15) is 0 Å². The molecule has 0 aliphatic rings. The molecule has 0 rings (SSSR count). The van der Waals surface area contributed by atoms with Crippen molar-refractivity contribution in [1.82, 2.24) is 0 Å². The molecule has 0 saturated heterocycles. The van der Waals surface area contributed by atoms with Gasteiger partial charge in [0.1, 0.15) is 0 Å². The molecule has 0 fully saturated rings. The summed E-state index contributed by atoms with van der Waals surface area (Å²) in [6.07, 6.45) is 4.12. The highest BCUT2D eigenvalue weighted by atomic mass is 29.2. The van der Waals surface area contributed by atoms with Crippen LogP contribution in [-0.4, -0.2) is 36.3 Å². The number of carbonyl (C=O) groups excluding carboxylic acids is 1. The van der Waals surface area contributed by atoms with Gasteiger partial charge in [0.05, 0.1) is 0 Å². The lowest BCUT2D eigenvalue weighted by molar-refractivity contribution is -0.130. The Labute approximate surface area is 121 Å². The van der Waals surface area contributed by atoms with Gasteiger partial charge in [0.15, 0.2) is 0 Å². The van der Waals surface area contributed by atoms with Crippen LogP contribution in [0.2, 0.25) is 0 Å². The number of unbranched alkanes of at least 4 members (excludes halogenated alkanes) is 1. The lowest BCUT2D eigenvalue weighted by Gasteiger charge is -2.21. The Morgan fingerprint density at radius 3 is 2.16 bits per heavy atom. The van der Waals surface area contributed by atoms with Crippen LogP contribution in [0, 0.1) is 0 Å². The summed E-state index contributed by atoms with van der Waals surface area (Å²) in [5.74, 6) is -0.211. The molecule has 0 amide bonds. The van der Waals surface area contributed by atoms with Crippen LogP contribution in [0.5, 0.6) is 0 Å². The summed E-state index contributed by atoms with van der Waals surface area (Å²) in [5, 5.41) is 0. The zero-order chi connectivity index (χ0) is 14.8. The molecule has 0 spiro atoms. The first kappa shape index (κ1) is 18.6. The predicted molar refractivity (Wildman–Crippen MR) is 82.9 cm³/mol. The van der Waals surface area contributed by atoms with Gasteiger partial charge in [-0.15, -0.1) is 0 Å². The summed E-state index contributed by atoms with van der Waals surface area (Å²) in [7, 11) is -2.88. The lowest BCUT2D eigenvalue weighted by atomic mass is 10.2. The van der Waals surface area contributed by atoms with Crippen LogP contribution in [0.15, 0.2) is 11.6 Å². The van der Waals surface area contributed by atoms with Gasteiger partial charge in [0.2, 0.25) is 0 Å². The van der Waals surface area contributed by atoms with E-state index in [4.69, 9.17) is 13.3 Å². The fourth-order valence-corrected chi connectivity index (χ4v) is 7.01. The Balaban J connectivity index is 4.26. The van der Waals surface area contributed by atoms with E-state index in [-0.39, 0.29) is 18.2 Å². The van der Waals surface area contributed by atoms with E-state index in [9.17, 15) is 4.79 Å². The Kier molecular flexibility index (Phi) is 10.1. The van der Waals surface area contributed by atoms with Crippen LogP contribution in [0.4, 0.5) is 0 Å². The maximum absolute atomic E-state index is 11.8. The van der Waals surface area contributed by atoms with E-state index in [1.807, 2.05) is 33.8 Å². The molecule has 112 valence electrons. The van der Waals surface area contributed by atoms with Crippen molar-refractivity contribution >= 4 is 24.1 Å². The van der Waals surface area contributed by atoms with Crippen LogP contribution in [0.25, 0.3) is 0 Å². The van der Waals surface area contributed by atoms with Gasteiger partial charge in [-0.25, -0.2) is 4.79 Å². The number of hydrogen-bond acceptors (Lipinski definition) is 4. The topological polar surface area (TPSA) is 44.8 Å². The SMILES string of the molecule is CCCC=C(C)C(=O)O[SiH2][SiH](OC(C)C)OC(C)C. The predicted octanol–water partition coefficient (Wildman–Crippen LogP) is 1.93. The fourth-order valence-electron chi connectivity index (χ4n) is 1.42. The van der Waals surface area contributed by atoms with Gasteiger partial charge in [-0.05, 0) is 41.0 Å². The summed E-state index contributed by atoms with van der Waals surface area (Å²) in [6.45, 7) is 11.8. The molecule has 0 radical (unpaired) electrons. The third-order valence-electron chi connectivity index (χ3n) is 2.26. The van der Waals surface area contributed by atoms with Crippen molar-refractivity contribution in [3.8, 4) is 0 Å². The smallest absolute Gasteiger partial charge is 0.341 e. The van der Waals surface area contributed by atoms with Gasteiger partial charge in [0.25, 0.3) is 9.28 Å². The quantitative estimate of drug-likeness (QED) is 0.482. The minimum atomic E-state index is -1.81. The maximum atomic E-state index is 11.8. The van der Waals surface area contributed by atoms with Crippen molar-refractivity contribution < 1.29 is 18.1 Å². The molecule has 0 saturated carbocycles. The van der Waals surface area contributed by atoms with E-state index in [0.29, 0.717) is 5.57 Å². The zero-order valence-electron chi connectivity index (χ0n) is 13.1. The summed E-state index contributed by atoms with van der Waals surface area (Å²) in [6, 6.07) is 0. The van der Waals surface area contributed by atoms with Gasteiger partial charge in [-0.1, -0.05) is 19.4 Å². The van der Waals surface area contributed by atoms with Crippen LogP contribution in [0.1, 0.15) is 54.4 Å². The van der Waals surface area contributed by atoms with Crippen LogP contribution < -0.4 is 0 Å². The Bertz CT molecular complexity index is 280. The van der Waals surface area contributed by atoms with Gasteiger partial charge in [0, 0.05) is 17.8 Å². The molecule has 0 aromatic rings.